The normalized spacial score (nSPS) is 15.3. The average molecular weight is 242 g/mol. The maximum atomic E-state index is 11.9. The fraction of sp³-hybridized carbons (Fsp3) is 0.286. The van der Waals surface area contributed by atoms with Crippen LogP contribution in [0.1, 0.15) is 6.42 Å². The Hall–Kier alpha value is -1.94. The van der Waals surface area contributed by atoms with Crippen molar-refractivity contribution in [3.63, 3.8) is 0 Å². The largest absolute Gasteiger partial charge is 0.381 e. The van der Waals surface area contributed by atoms with Gasteiger partial charge >= 0.3 is 0 Å². The van der Waals surface area contributed by atoms with Crippen LogP contribution in [0.4, 0.5) is 5.69 Å². The van der Waals surface area contributed by atoms with Crippen molar-refractivity contribution in [1.82, 2.24) is 4.98 Å². The minimum absolute atomic E-state index is 0.0291. The molecule has 92 valence electrons. The van der Waals surface area contributed by atoms with E-state index in [0.717, 1.165) is 16.6 Å². The molecule has 1 saturated heterocycles. The van der Waals surface area contributed by atoms with Gasteiger partial charge in [0.15, 0.2) is 0 Å². The van der Waals surface area contributed by atoms with Gasteiger partial charge in [-0.05, 0) is 12.1 Å². The van der Waals surface area contributed by atoms with E-state index in [4.69, 9.17) is 4.74 Å². The lowest BCUT2D eigenvalue weighted by Crippen LogP contribution is -2.31. The fourth-order valence-corrected chi connectivity index (χ4v) is 2.07. The Balaban J connectivity index is 1.79. The average Bonchev–Trinajstić information content (AvgIpc) is 2.34. The van der Waals surface area contributed by atoms with Gasteiger partial charge in [0.25, 0.3) is 0 Å². The molecule has 0 radical (unpaired) electrons. The molecular weight excluding hydrogens is 228 g/mol. The highest BCUT2D eigenvalue weighted by Crippen LogP contribution is 2.22. The van der Waals surface area contributed by atoms with Crippen molar-refractivity contribution < 1.29 is 9.53 Å². The monoisotopic (exact) mass is 242 g/mol. The molecule has 1 amide bonds. The number of nitrogens with zero attached hydrogens (tertiary/aromatic N) is 1. The van der Waals surface area contributed by atoms with Gasteiger partial charge in [-0.3, -0.25) is 9.78 Å². The highest BCUT2D eigenvalue weighted by atomic mass is 16.5. The van der Waals surface area contributed by atoms with Crippen LogP contribution >= 0.6 is 0 Å². The number of fused-ring (bicyclic) bond motifs is 1. The van der Waals surface area contributed by atoms with E-state index < -0.39 is 0 Å². The number of aromatic nitrogens is 1. The zero-order chi connectivity index (χ0) is 12.4. The molecule has 2 heterocycles. The van der Waals surface area contributed by atoms with Crippen molar-refractivity contribution in [2.75, 3.05) is 18.5 Å². The topological polar surface area (TPSA) is 51.2 Å². The van der Waals surface area contributed by atoms with Crippen molar-refractivity contribution in [2.45, 2.75) is 6.42 Å². The summed E-state index contributed by atoms with van der Waals surface area (Å²) in [5, 5.41) is 3.96. The predicted molar refractivity (Wildman–Crippen MR) is 69.3 cm³/mol. The van der Waals surface area contributed by atoms with E-state index in [0.29, 0.717) is 25.6 Å². The molecule has 1 aromatic carbocycles. The van der Waals surface area contributed by atoms with Crippen LogP contribution in [-0.4, -0.2) is 24.1 Å². The highest BCUT2D eigenvalue weighted by Gasteiger charge is 2.21. The molecule has 3 rings (SSSR count). The van der Waals surface area contributed by atoms with Crippen LogP contribution in [0.5, 0.6) is 0 Å². The number of anilines is 1. The van der Waals surface area contributed by atoms with Crippen molar-refractivity contribution in [3.8, 4) is 0 Å². The van der Waals surface area contributed by atoms with Gasteiger partial charge in [0, 0.05) is 23.9 Å². The van der Waals surface area contributed by atoms with Gasteiger partial charge in [-0.15, -0.1) is 0 Å². The van der Waals surface area contributed by atoms with E-state index in [-0.39, 0.29) is 5.91 Å². The zero-order valence-electron chi connectivity index (χ0n) is 9.93. The van der Waals surface area contributed by atoms with Gasteiger partial charge in [0.1, 0.15) is 0 Å². The third-order valence-corrected chi connectivity index (χ3v) is 3.09. The van der Waals surface area contributed by atoms with Crippen LogP contribution in [0.2, 0.25) is 0 Å². The molecule has 0 atom stereocenters. The minimum atomic E-state index is 0.0291. The molecule has 0 saturated carbocycles. The molecule has 1 fully saturated rings. The summed E-state index contributed by atoms with van der Waals surface area (Å²) in [6.07, 6.45) is 2.25. The first kappa shape index (κ1) is 11.2. The van der Waals surface area contributed by atoms with Gasteiger partial charge in [-0.2, -0.15) is 0 Å². The summed E-state index contributed by atoms with van der Waals surface area (Å²) in [6.45, 7) is 1.39. The summed E-state index contributed by atoms with van der Waals surface area (Å²) in [5.41, 5.74) is 1.61. The number of amides is 1. The van der Waals surface area contributed by atoms with Crippen LogP contribution in [0.15, 0.2) is 36.5 Å². The molecule has 1 aliphatic rings. The number of nitrogens with one attached hydrogen (secondary N) is 1. The smallest absolute Gasteiger partial charge is 0.224 e. The molecule has 0 bridgehead atoms. The van der Waals surface area contributed by atoms with E-state index in [2.05, 4.69) is 10.3 Å². The lowest BCUT2D eigenvalue weighted by atomic mass is 10.0. The Morgan fingerprint density at radius 3 is 2.94 bits per heavy atom. The third kappa shape index (κ3) is 2.19. The molecule has 4 heteroatoms. The molecule has 4 nitrogen and oxygen atoms in total. The lowest BCUT2D eigenvalue weighted by molar-refractivity contribution is -0.121. The fourth-order valence-electron chi connectivity index (χ4n) is 2.07. The van der Waals surface area contributed by atoms with Crippen molar-refractivity contribution in [3.05, 3.63) is 36.5 Å². The minimum Gasteiger partial charge on any atom is -0.381 e. The number of carbonyl (C=O) groups is 1. The first-order chi connectivity index (χ1) is 8.83. The van der Waals surface area contributed by atoms with E-state index in [9.17, 15) is 4.79 Å². The molecule has 0 aliphatic carbocycles. The summed E-state index contributed by atoms with van der Waals surface area (Å²) in [4.78, 5) is 16.2. The molecule has 1 aromatic heterocycles. The van der Waals surface area contributed by atoms with Crippen molar-refractivity contribution >= 4 is 22.5 Å². The lowest BCUT2D eigenvalue weighted by Gasteiger charge is -2.25. The van der Waals surface area contributed by atoms with Gasteiger partial charge in [0.05, 0.1) is 24.4 Å². The summed E-state index contributed by atoms with van der Waals surface area (Å²) in [5.74, 6) is 0.398. The van der Waals surface area contributed by atoms with Crippen LogP contribution in [0, 0.1) is 5.92 Å². The number of carbonyl (C=O) groups excluding carboxylic acids is 1. The number of para-hydroxylation sites is 1. The Kier molecular flexibility index (Phi) is 2.94. The number of pyridine rings is 1. The van der Waals surface area contributed by atoms with Crippen LogP contribution in [0.3, 0.4) is 0 Å². The van der Waals surface area contributed by atoms with Crippen LogP contribution in [-0.2, 0) is 9.53 Å². The van der Waals surface area contributed by atoms with E-state index in [1.165, 1.54) is 0 Å². The zero-order valence-corrected chi connectivity index (χ0v) is 9.93. The Morgan fingerprint density at radius 2 is 2.17 bits per heavy atom. The van der Waals surface area contributed by atoms with Crippen molar-refractivity contribution in [2.24, 2.45) is 5.92 Å². The van der Waals surface area contributed by atoms with E-state index in [1.54, 1.807) is 6.20 Å². The SMILES string of the molecule is O=C(CC1COC1)Nc1cccc2cccnc12. The molecule has 2 aromatic rings. The van der Waals surface area contributed by atoms with Gasteiger partial charge < -0.3 is 10.1 Å². The third-order valence-electron chi connectivity index (χ3n) is 3.09. The van der Waals surface area contributed by atoms with Gasteiger partial charge in [-0.25, -0.2) is 0 Å². The second-order valence-corrected chi connectivity index (χ2v) is 4.54. The predicted octanol–water partition coefficient (Wildman–Crippen LogP) is 2.21. The first-order valence-corrected chi connectivity index (χ1v) is 6.04. The maximum absolute atomic E-state index is 11.9. The molecular formula is C14H14N2O2. The highest BCUT2D eigenvalue weighted by molar-refractivity contribution is 6.00. The summed E-state index contributed by atoms with van der Waals surface area (Å²) in [6, 6.07) is 9.66. The van der Waals surface area contributed by atoms with E-state index in [1.807, 2.05) is 30.3 Å². The Labute approximate surface area is 105 Å². The second-order valence-electron chi connectivity index (χ2n) is 4.54. The number of rotatable bonds is 3. The summed E-state index contributed by atoms with van der Waals surface area (Å²) < 4.78 is 5.06. The number of ether oxygens (including phenoxy) is 1. The summed E-state index contributed by atoms with van der Waals surface area (Å²) in [7, 11) is 0. The number of hydrogen-bond acceptors (Lipinski definition) is 3. The Bertz CT molecular complexity index is 574. The van der Waals surface area contributed by atoms with E-state index >= 15 is 0 Å². The van der Waals surface area contributed by atoms with Gasteiger partial charge in [0.2, 0.25) is 5.91 Å². The standard InChI is InChI=1S/C14H14N2O2/c17-13(7-10-8-18-9-10)16-12-5-1-3-11-4-2-6-15-14(11)12/h1-6,10H,7-9H2,(H,16,17). The van der Waals surface area contributed by atoms with Gasteiger partial charge in [-0.1, -0.05) is 18.2 Å². The maximum Gasteiger partial charge on any atom is 0.224 e. The molecule has 0 unspecified atom stereocenters. The quantitative estimate of drug-likeness (QED) is 0.897. The second kappa shape index (κ2) is 4.74. The first-order valence-electron chi connectivity index (χ1n) is 6.04. The Morgan fingerprint density at radius 1 is 1.33 bits per heavy atom. The van der Waals surface area contributed by atoms with Crippen LogP contribution < -0.4 is 5.32 Å². The van der Waals surface area contributed by atoms with Crippen LogP contribution in [0.25, 0.3) is 10.9 Å². The summed E-state index contributed by atoms with van der Waals surface area (Å²) >= 11 is 0. The molecule has 1 N–H and O–H groups in total. The van der Waals surface area contributed by atoms with Crippen molar-refractivity contribution in [1.29, 1.82) is 0 Å². The molecule has 0 spiro atoms. The molecule has 1 aliphatic heterocycles. The number of benzene rings is 1. The number of hydrogen-bond donors (Lipinski definition) is 1. The molecule has 18 heavy (non-hydrogen) atoms.